The minimum atomic E-state index is -0.488. The number of hydrazone groups is 1. The molecule has 0 unspecified atom stereocenters. The molecule has 0 fully saturated rings. The van der Waals surface area contributed by atoms with E-state index in [9.17, 15) is 14.9 Å². The molecule has 2 N–H and O–H groups in total. The number of nitrogens with one attached hydrogen (secondary N) is 1. The second kappa shape index (κ2) is 9.09. The third kappa shape index (κ3) is 5.67. The van der Waals surface area contributed by atoms with Gasteiger partial charge in [0.05, 0.1) is 11.1 Å². The van der Waals surface area contributed by atoms with E-state index in [0.717, 1.165) is 5.56 Å². The zero-order valence-corrected chi connectivity index (χ0v) is 13.3. The number of carbonyl (C=O) groups excluding carboxylic acids is 1. The summed E-state index contributed by atoms with van der Waals surface area (Å²) in [4.78, 5) is 22.3. The fourth-order valence-electron chi connectivity index (χ4n) is 2.04. The van der Waals surface area contributed by atoms with E-state index in [1.165, 1.54) is 30.5 Å². The van der Waals surface area contributed by atoms with Gasteiger partial charge in [-0.25, -0.2) is 5.43 Å². The third-order valence-electron chi connectivity index (χ3n) is 3.30. The van der Waals surface area contributed by atoms with Crippen LogP contribution >= 0.6 is 0 Å². The number of nitro benzene ring substituents is 1. The molecule has 2 aromatic carbocycles. The summed E-state index contributed by atoms with van der Waals surface area (Å²) in [5.41, 5.74) is 4.23. The van der Waals surface area contributed by atoms with Crippen LogP contribution in [-0.4, -0.2) is 28.8 Å². The summed E-state index contributed by atoms with van der Waals surface area (Å²) in [6.45, 7) is -0.155. The summed E-state index contributed by atoms with van der Waals surface area (Å²) >= 11 is 0. The molecule has 0 saturated carbocycles. The monoisotopic (exact) mass is 339 g/mol. The van der Waals surface area contributed by atoms with Crippen molar-refractivity contribution >= 4 is 23.9 Å². The molecule has 0 aliphatic heterocycles. The van der Waals surface area contributed by atoms with Crippen molar-refractivity contribution in [3.05, 3.63) is 81.4 Å². The summed E-state index contributed by atoms with van der Waals surface area (Å²) < 4.78 is 0. The van der Waals surface area contributed by atoms with E-state index in [1.807, 2.05) is 30.3 Å². The van der Waals surface area contributed by atoms with Crippen molar-refractivity contribution in [1.29, 1.82) is 0 Å². The van der Waals surface area contributed by atoms with Crippen LogP contribution in [0.3, 0.4) is 0 Å². The number of nitrogens with zero attached hydrogens (tertiary/aromatic N) is 2. The lowest BCUT2D eigenvalue weighted by Gasteiger charge is -2.04. The normalized spacial score (nSPS) is 11.5. The van der Waals surface area contributed by atoms with Gasteiger partial charge < -0.3 is 5.11 Å². The molecule has 0 atom stereocenters. The Bertz CT molecular complexity index is 784. The summed E-state index contributed by atoms with van der Waals surface area (Å²) in [7, 11) is 0. The highest BCUT2D eigenvalue weighted by molar-refractivity contribution is 5.98. The standard InChI is InChI=1S/C18H17N3O4/c22-11-10-16(12-14-4-2-1-3-5-14)18(23)20-19-13-15-6-8-17(9-7-15)21(24)25/h1-9,12-13,22H,10-11H2,(H,20,23)/b16-12-,19-13-. The van der Waals surface area contributed by atoms with Gasteiger partial charge in [0.2, 0.25) is 0 Å². The van der Waals surface area contributed by atoms with E-state index < -0.39 is 10.8 Å². The highest BCUT2D eigenvalue weighted by atomic mass is 16.6. The molecule has 2 rings (SSSR count). The molecule has 0 spiro atoms. The number of rotatable bonds is 7. The lowest BCUT2D eigenvalue weighted by molar-refractivity contribution is -0.384. The Balaban J connectivity index is 2.03. The number of amides is 1. The second-order valence-corrected chi connectivity index (χ2v) is 5.10. The van der Waals surface area contributed by atoms with Crippen LogP contribution in [-0.2, 0) is 4.79 Å². The molecule has 2 aromatic rings. The Morgan fingerprint density at radius 2 is 1.80 bits per heavy atom. The van der Waals surface area contributed by atoms with Gasteiger partial charge in [0.25, 0.3) is 11.6 Å². The number of aliphatic hydroxyl groups excluding tert-OH is 1. The SMILES string of the molecule is O=C(N/N=C\c1ccc([N+](=O)[O-])cc1)/C(=C\c1ccccc1)CCO. The first-order chi connectivity index (χ1) is 12.1. The number of benzene rings is 2. The molecule has 25 heavy (non-hydrogen) atoms. The Morgan fingerprint density at radius 3 is 2.40 bits per heavy atom. The van der Waals surface area contributed by atoms with Crippen molar-refractivity contribution < 1.29 is 14.8 Å². The molecule has 0 radical (unpaired) electrons. The summed E-state index contributed by atoms with van der Waals surface area (Å²) in [6, 6.07) is 15.1. The first-order valence-electron chi connectivity index (χ1n) is 7.54. The summed E-state index contributed by atoms with van der Waals surface area (Å²) in [6.07, 6.45) is 3.28. The summed E-state index contributed by atoms with van der Waals surface area (Å²) in [5, 5.41) is 23.6. The van der Waals surface area contributed by atoms with Gasteiger partial charge in [-0.3, -0.25) is 14.9 Å². The average molecular weight is 339 g/mol. The number of carbonyl (C=O) groups is 1. The van der Waals surface area contributed by atoms with Crippen molar-refractivity contribution in [3.8, 4) is 0 Å². The highest BCUT2D eigenvalue weighted by Crippen LogP contribution is 2.11. The first-order valence-corrected chi connectivity index (χ1v) is 7.54. The Kier molecular flexibility index (Phi) is 6.56. The van der Waals surface area contributed by atoms with E-state index in [1.54, 1.807) is 6.08 Å². The number of aliphatic hydroxyl groups is 1. The highest BCUT2D eigenvalue weighted by Gasteiger charge is 2.08. The minimum absolute atomic E-state index is 0.0165. The molecule has 0 aliphatic rings. The maximum absolute atomic E-state index is 12.2. The van der Waals surface area contributed by atoms with Gasteiger partial charge >= 0.3 is 0 Å². The van der Waals surface area contributed by atoms with Crippen molar-refractivity contribution in [1.82, 2.24) is 5.43 Å². The van der Waals surface area contributed by atoms with Gasteiger partial charge in [-0.05, 0) is 29.3 Å². The molecular formula is C18H17N3O4. The Morgan fingerprint density at radius 1 is 1.12 bits per heavy atom. The molecule has 7 heteroatoms. The zero-order chi connectivity index (χ0) is 18.1. The molecule has 1 amide bonds. The number of non-ortho nitro benzene ring substituents is 1. The van der Waals surface area contributed by atoms with E-state index in [2.05, 4.69) is 10.5 Å². The minimum Gasteiger partial charge on any atom is -0.396 e. The summed E-state index contributed by atoms with van der Waals surface area (Å²) in [5.74, 6) is -0.420. The molecule has 0 aromatic heterocycles. The molecule has 0 saturated heterocycles. The van der Waals surface area contributed by atoms with Crippen LogP contribution < -0.4 is 5.43 Å². The smallest absolute Gasteiger partial charge is 0.269 e. The van der Waals surface area contributed by atoms with Crippen molar-refractivity contribution in [2.75, 3.05) is 6.61 Å². The topological polar surface area (TPSA) is 105 Å². The molecule has 0 aliphatic carbocycles. The quantitative estimate of drug-likeness (QED) is 0.350. The van der Waals surface area contributed by atoms with Gasteiger partial charge in [-0.1, -0.05) is 30.3 Å². The van der Waals surface area contributed by atoms with Crippen LogP contribution in [0.5, 0.6) is 0 Å². The van der Waals surface area contributed by atoms with Crippen molar-refractivity contribution in [2.24, 2.45) is 5.10 Å². The maximum atomic E-state index is 12.2. The van der Waals surface area contributed by atoms with Crippen LogP contribution in [0.15, 0.2) is 65.3 Å². The molecule has 7 nitrogen and oxygen atoms in total. The maximum Gasteiger partial charge on any atom is 0.269 e. The fourth-order valence-corrected chi connectivity index (χ4v) is 2.04. The number of hydrogen-bond donors (Lipinski definition) is 2. The number of nitro groups is 1. The van der Waals surface area contributed by atoms with Gasteiger partial charge in [0, 0.05) is 30.7 Å². The Hall–Kier alpha value is -3.32. The van der Waals surface area contributed by atoms with E-state index >= 15 is 0 Å². The largest absolute Gasteiger partial charge is 0.396 e. The van der Waals surface area contributed by atoms with Gasteiger partial charge in [-0.15, -0.1) is 0 Å². The van der Waals surface area contributed by atoms with Gasteiger partial charge in [-0.2, -0.15) is 5.10 Å². The van der Waals surface area contributed by atoms with E-state index in [4.69, 9.17) is 5.11 Å². The van der Waals surface area contributed by atoms with Crippen LogP contribution in [0.4, 0.5) is 5.69 Å². The molecular weight excluding hydrogens is 322 g/mol. The molecule has 128 valence electrons. The lowest BCUT2D eigenvalue weighted by atomic mass is 10.1. The van der Waals surface area contributed by atoms with E-state index in [0.29, 0.717) is 11.1 Å². The van der Waals surface area contributed by atoms with Gasteiger partial charge in [0.1, 0.15) is 0 Å². The lowest BCUT2D eigenvalue weighted by Crippen LogP contribution is -2.20. The van der Waals surface area contributed by atoms with Crippen LogP contribution in [0.2, 0.25) is 0 Å². The Labute approximate surface area is 144 Å². The second-order valence-electron chi connectivity index (χ2n) is 5.10. The zero-order valence-electron chi connectivity index (χ0n) is 13.3. The van der Waals surface area contributed by atoms with Crippen LogP contribution in [0, 0.1) is 10.1 Å². The fraction of sp³-hybridized carbons (Fsp3) is 0.111. The molecule has 0 bridgehead atoms. The average Bonchev–Trinajstić information content (AvgIpc) is 2.62. The predicted octanol–water partition coefficient (Wildman–Crippen LogP) is 2.51. The van der Waals surface area contributed by atoms with Gasteiger partial charge in [0.15, 0.2) is 0 Å². The first kappa shape index (κ1) is 18.0. The number of hydrogen-bond acceptors (Lipinski definition) is 5. The van der Waals surface area contributed by atoms with Crippen molar-refractivity contribution in [2.45, 2.75) is 6.42 Å². The molecule has 0 heterocycles. The van der Waals surface area contributed by atoms with Crippen molar-refractivity contribution in [3.63, 3.8) is 0 Å². The van der Waals surface area contributed by atoms with Crippen LogP contribution in [0.25, 0.3) is 6.08 Å². The third-order valence-corrected chi connectivity index (χ3v) is 3.30. The predicted molar refractivity (Wildman–Crippen MR) is 95.0 cm³/mol. The van der Waals surface area contributed by atoms with E-state index in [-0.39, 0.29) is 18.7 Å². The van der Waals surface area contributed by atoms with Crippen LogP contribution in [0.1, 0.15) is 17.5 Å².